The third kappa shape index (κ3) is 4.57. The number of aromatic hydroxyl groups is 1. The number of nitrogens with zero attached hydrogens (tertiary/aromatic N) is 2. The highest BCUT2D eigenvalue weighted by atomic mass is 32.1. The molecule has 0 unspecified atom stereocenters. The van der Waals surface area contributed by atoms with Crippen molar-refractivity contribution in [2.45, 2.75) is 26.2 Å². The van der Waals surface area contributed by atoms with E-state index in [0.29, 0.717) is 17.9 Å². The summed E-state index contributed by atoms with van der Waals surface area (Å²) >= 11 is 5.14. The van der Waals surface area contributed by atoms with E-state index in [2.05, 4.69) is 15.5 Å². The number of hydrazone groups is 1. The maximum Gasteiger partial charge on any atom is 0.264 e. The number of carbonyl (C=O) groups is 1. The second kappa shape index (κ2) is 8.95. The summed E-state index contributed by atoms with van der Waals surface area (Å²) in [5.74, 6) is -0.0912. The number of aromatic amines is 1. The number of hydrogen-bond acceptors (Lipinski definition) is 6. The molecule has 138 valence electrons. The predicted octanol–water partition coefficient (Wildman–Crippen LogP) is 2.25. The molecule has 1 aromatic heterocycles. The van der Waals surface area contributed by atoms with Gasteiger partial charge >= 0.3 is 0 Å². The first-order chi connectivity index (χ1) is 12.5. The molecule has 0 spiro atoms. The molecule has 2 rings (SSSR count). The number of hydrogen-bond donors (Lipinski definition) is 3. The molecule has 0 aliphatic rings. The first kappa shape index (κ1) is 19.4. The fourth-order valence-corrected chi connectivity index (χ4v) is 2.49. The third-order valence-electron chi connectivity index (χ3n) is 3.57. The van der Waals surface area contributed by atoms with Crippen LogP contribution in [0.25, 0.3) is 5.69 Å². The molecule has 0 aliphatic heterocycles. The molecular formula is C17H20N4O4S. The van der Waals surface area contributed by atoms with Crippen LogP contribution in [0.15, 0.2) is 34.2 Å². The molecule has 1 amide bonds. The van der Waals surface area contributed by atoms with Crippen molar-refractivity contribution in [3.8, 4) is 17.3 Å². The average molecular weight is 376 g/mol. The smallest absolute Gasteiger partial charge is 0.264 e. The predicted molar refractivity (Wildman–Crippen MR) is 101 cm³/mol. The highest BCUT2D eigenvalue weighted by Crippen LogP contribution is 2.22. The van der Waals surface area contributed by atoms with Gasteiger partial charge in [-0.2, -0.15) is 5.10 Å². The van der Waals surface area contributed by atoms with Crippen molar-refractivity contribution < 1.29 is 14.6 Å². The van der Waals surface area contributed by atoms with E-state index < -0.39 is 11.4 Å². The molecule has 0 aliphatic carbocycles. The third-order valence-corrected chi connectivity index (χ3v) is 3.86. The summed E-state index contributed by atoms with van der Waals surface area (Å²) in [5, 5.41) is 14.2. The molecule has 1 aromatic carbocycles. The Bertz CT molecular complexity index is 933. The minimum atomic E-state index is -0.613. The Balaban J connectivity index is 2.38. The van der Waals surface area contributed by atoms with Gasteiger partial charge in [0.1, 0.15) is 11.3 Å². The van der Waals surface area contributed by atoms with Gasteiger partial charge in [-0.3, -0.25) is 19.1 Å². The number of unbranched alkanes of at least 4 members (excludes halogenated alkanes) is 1. The molecule has 26 heavy (non-hydrogen) atoms. The van der Waals surface area contributed by atoms with Crippen LogP contribution in [0.2, 0.25) is 0 Å². The average Bonchev–Trinajstić information content (AvgIpc) is 2.62. The van der Waals surface area contributed by atoms with E-state index in [1.807, 2.05) is 6.92 Å². The number of methoxy groups -OCH3 is 1. The summed E-state index contributed by atoms with van der Waals surface area (Å²) in [4.78, 5) is 26.1. The molecule has 0 bridgehead atoms. The van der Waals surface area contributed by atoms with Crippen molar-refractivity contribution in [3.05, 3.63) is 45.0 Å². The lowest BCUT2D eigenvalue weighted by atomic mass is 10.2. The number of H-pyrrole nitrogens is 1. The van der Waals surface area contributed by atoms with Crippen LogP contribution in [0.1, 0.15) is 31.7 Å². The van der Waals surface area contributed by atoms with Gasteiger partial charge < -0.3 is 9.84 Å². The normalized spacial score (nSPS) is 10.8. The Morgan fingerprint density at radius 1 is 1.50 bits per heavy atom. The van der Waals surface area contributed by atoms with Gasteiger partial charge in [-0.15, -0.1) is 0 Å². The lowest BCUT2D eigenvalue weighted by Crippen LogP contribution is -2.21. The minimum absolute atomic E-state index is 0.0184. The second-order valence-electron chi connectivity index (χ2n) is 5.43. The summed E-state index contributed by atoms with van der Waals surface area (Å²) in [5.41, 5.74) is 2.09. The minimum Gasteiger partial charge on any atom is -0.497 e. The van der Waals surface area contributed by atoms with E-state index >= 15 is 0 Å². The van der Waals surface area contributed by atoms with Gasteiger partial charge in [0.2, 0.25) is 11.8 Å². The quantitative estimate of drug-likeness (QED) is 0.390. The van der Waals surface area contributed by atoms with Crippen molar-refractivity contribution in [1.82, 2.24) is 15.0 Å². The van der Waals surface area contributed by atoms with Crippen LogP contribution in [-0.4, -0.2) is 33.9 Å². The number of carbonyl (C=O) groups excluding carboxylic acids is 1. The molecule has 0 saturated heterocycles. The zero-order chi connectivity index (χ0) is 19.1. The SMILES string of the molecule is CCCCC(=O)NN=Cc1c(O)n(-c2cccc(OC)c2)c(=S)[nH]c1=O. The maximum absolute atomic E-state index is 12.1. The van der Waals surface area contributed by atoms with E-state index in [-0.39, 0.29) is 16.2 Å². The Kier molecular flexibility index (Phi) is 6.67. The van der Waals surface area contributed by atoms with E-state index in [4.69, 9.17) is 17.0 Å². The van der Waals surface area contributed by atoms with Crippen molar-refractivity contribution in [2.24, 2.45) is 5.10 Å². The standard InChI is InChI=1S/C17H20N4O4S/c1-3-4-8-14(22)20-18-10-13-15(23)19-17(26)21(16(13)24)11-6-5-7-12(9-11)25-2/h5-7,9-10,24H,3-4,8H2,1-2H3,(H,20,22)(H,19,23,26). The Labute approximate surface area is 155 Å². The Morgan fingerprint density at radius 3 is 2.96 bits per heavy atom. The fourth-order valence-electron chi connectivity index (χ4n) is 2.21. The Hall–Kier alpha value is -2.94. The van der Waals surface area contributed by atoms with Crippen LogP contribution in [0.3, 0.4) is 0 Å². The van der Waals surface area contributed by atoms with Crippen LogP contribution in [-0.2, 0) is 4.79 Å². The van der Waals surface area contributed by atoms with Crippen molar-refractivity contribution in [2.75, 3.05) is 7.11 Å². The fraction of sp³-hybridized carbons (Fsp3) is 0.294. The van der Waals surface area contributed by atoms with Gasteiger partial charge in [0.15, 0.2) is 4.77 Å². The lowest BCUT2D eigenvalue weighted by molar-refractivity contribution is -0.121. The molecule has 0 atom stereocenters. The van der Waals surface area contributed by atoms with E-state index in [1.54, 1.807) is 24.3 Å². The maximum atomic E-state index is 12.1. The number of nitrogens with one attached hydrogen (secondary N) is 2. The van der Waals surface area contributed by atoms with E-state index in [0.717, 1.165) is 19.1 Å². The first-order valence-corrected chi connectivity index (χ1v) is 8.43. The van der Waals surface area contributed by atoms with Crippen LogP contribution in [0.4, 0.5) is 0 Å². The number of ether oxygens (including phenoxy) is 1. The Morgan fingerprint density at radius 2 is 2.27 bits per heavy atom. The molecule has 0 fully saturated rings. The van der Waals surface area contributed by atoms with Crippen LogP contribution in [0, 0.1) is 4.77 Å². The summed E-state index contributed by atoms with van der Waals surface area (Å²) in [6.45, 7) is 1.97. The molecule has 8 nitrogen and oxygen atoms in total. The highest BCUT2D eigenvalue weighted by Gasteiger charge is 2.13. The molecule has 2 aromatic rings. The topological polar surface area (TPSA) is 109 Å². The van der Waals surface area contributed by atoms with Gasteiger partial charge in [0.25, 0.3) is 5.56 Å². The molecule has 0 radical (unpaired) electrons. The summed E-state index contributed by atoms with van der Waals surface area (Å²) < 4.78 is 6.45. The largest absolute Gasteiger partial charge is 0.497 e. The van der Waals surface area contributed by atoms with Crippen molar-refractivity contribution in [1.29, 1.82) is 0 Å². The number of rotatable bonds is 7. The monoisotopic (exact) mass is 376 g/mol. The van der Waals surface area contributed by atoms with Crippen molar-refractivity contribution >= 4 is 24.3 Å². The number of benzene rings is 1. The second-order valence-corrected chi connectivity index (χ2v) is 5.82. The molecule has 3 N–H and O–H groups in total. The van der Waals surface area contributed by atoms with Crippen molar-refractivity contribution in [3.63, 3.8) is 0 Å². The lowest BCUT2D eigenvalue weighted by Gasteiger charge is -2.12. The highest BCUT2D eigenvalue weighted by molar-refractivity contribution is 7.71. The van der Waals surface area contributed by atoms with Crippen LogP contribution in [0.5, 0.6) is 11.6 Å². The van der Waals surface area contributed by atoms with E-state index in [1.165, 1.54) is 11.7 Å². The zero-order valence-corrected chi connectivity index (χ0v) is 15.3. The van der Waals surface area contributed by atoms with E-state index in [9.17, 15) is 14.7 Å². The van der Waals surface area contributed by atoms with Gasteiger partial charge in [-0.25, -0.2) is 5.43 Å². The number of amides is 1. The van der Waals surface area contributed by atoms with Gasteiger partial charge in [0.05, 0.1) is 19.0 Å². The van der Waals surface area contributed by atoms with Gasteiger partial charge in [-0.05, 0) is 30.8 Å². The van der Waals surface area contributed by atoms with Crippen LogP contribution >= 0.6 is 12.2 Å². The number of aromatic nitrogens is 2. The summed E-state index contributed by atoms with van der Waals surface area (Å²) in [6.07, 6.45) is 3.06. The molecule has 9 heteroatoms. The zero-order valence-electron chi connectivity index (χ0n) is 14.5. The summed E-state index contributed by atoms with van der Waals surface area (Å²) in [7, 11) is 1.52. The summed E-state index contributed by atoms with van der Waals surface area (Å²) in [6, 6.07) is 6.82. The first-order valence-electron chi connectivity index (χ1n) is 8.02. The van der Waals surface area contributed by atoms with Gasteiger partial charge in [-0.1, -0.05) is 19.4 Å². The molecule has 0 saturated carbocycles. The molecular weight excluding hydrogens is 356 g/mol. The van der Waals surface area contributed by atoms with Crippen LogP contribution < -0.4 is 15.7 Å². The van der Waals surface area contributed by atoms with Gasteiger partial charge in [0, 0.05) is 12.5 Å². The molecule has 1 heterocycles.